The van der Waals surface area contributed by atoms with E-state index in [1.54, 1.807) is 24.3 Å². The fraction of sp³-hybridized carbons (Fsp3) is 0.579. The van der Waals surface area contributed by atoms with Crippen molar-refractivity contribution in [1.29, 1.82) is 0 Å². The van der Waals surface area contributed by atoms with Gasteiger partial charge in [0.05, 0.1) is 0 Å². The van der Waals surface area contributed by atoms with Gasteiger partial charge in [0.25, 0.3) is 5.91 Å². The zero-order valence-corrected chi connectivity index (χ0v) is 14.6. The van der Waals surface area contributed by atoms with Gasteiger partial charge in [-0.1, -0.05) is 32.6 Å². The first-order valence-corrected chi connectivity index (χ1v) is 9.15. The highest BCUT2D eigenvalue weighted by Gasteiger charge is 2.17. The molecule has 1 aromatic carbocycles. The minimum Gasteiger partial charge on any atom is -0.339 e. The van der Waals surface area contributed by atoms with Crippen molar-refractivity contribution in [2.24, 2.45) is 0 Å². The second-order valence-electron chi connectivity index (χ2n) is 6.37. The molecular weight excluding hydrogens is 302 g/mol. The highest BCUT2D eigenvalue weighted by atomic mass is 16.2. The van der Waals surface area contributed by atoms with Crippen molar-refractivity contribution in [2.45, 2.75) is 51.9 Å². The molecule has 2 rings (SSSR count). The largest absolute Gasteiger partial charge is 0.339 e. The fourth-order valence-electron chi connectivity index (χ4n) is 2.90. The number of likely N-dealkylation sites (tertiary alicyclic amines) is 1. The highest BCUT2D eigenvalue weighted by Crippen LogP contribution is 2.15. The molecule has 0 unspecified atom stereocenters. The number of hydrogen-bond acceptors (Lipinski definition) is 2. The summed E-state index contributed by atoms with van der Waals surface area (Å²) in [6.07, 6.45) is 7.84. The van der Waals surface area contributed by atoms with E-state index in [1.807, 2.05) is 4.90 Å². The van der Waals surface area contributed by atoms with Crippen LogP contribution in [0.3, 0.4) is 0 Å². The third-order valence-corrected chi connectivity index (χ3v) is 4.35. The third-order valence-electron chi connectivity index (χ3n) is 4.35. The number of urea groups is 1. The molecule has 0 atom stereocenters. The molecule has 2 N–H and O–H groups in total. The van der Waals surface area contributed by atoms with Gasteiger partial charge in [-0.3, -0.25) is 4.79 Å². The Morgan fingerprint density at radius 1 is 1.00 bits per heavy atom. The van der Waals surface area contributed by atoms with E-state index in [4.69, 9.17) is 0 Å². The standard InChI is InChI=1S/C19H29N3O2/c1-2-3-6-13-20-19(24)21-17-11-9-16(10-12-17)18(23)22-14-7-4-5-8-15-22/h9-12H,2-8,13-15H2,1H3,(H2,20,21,24). The van der Waals surface area contributed by atoms with E-state index in [1.165, 1.54) is 12.8 Å². The molecular formula is C19H29N3O2. The predicted molar refractivity (Wildman–Crippen MR) is 97.4 cm³/mol. The minimum atomic E-state index is -0.197. The van der Waals surface area contributed by atoms with Crippen molar-refractivity contribution in [3.63, 3.8) is 0 Å². The second-order valence-corrected chi connectivity index (χ2v) is 6.37. The van der Waals surface area contributed by atoms with Crippen molar-refractivity contribution in [3.05, 3.63) is 29.8 Å². The summed E-state index contributed by atoms with van der Waals surface area (Å²) in [5.74, 6) is 0.0902. The van der Waals surface area contributed by atoms with E-state index in [0.29, 0.717) is 17.8 Å². The molecule has 0 bridgehead atoms. The van der Waals surface area contributed by atoms with Crippen LogP contribution in [0.2, 0.25) is 0 Å². The molecule has 0 aliphatic carbocycles. The van der Waals surface area contributed by atoms with E-state index in [2.05, 4.69) is 17.6 Å². The predicted octanol–water partition coefficient (Wildman–Crippen LogP) is 4.01. The average Bonchev–Trinajstić information content (AvgIpc) is 2.88. The van der Waals surface area contributed by atoms with Crippen LogP contribution in [0.25, 0.3) is 0 Å². The minimum absolute atomic E-state index is 0.0902. The van der Waals surface area contributed by atoms with Gasteiger partial charge in [-0.25, -0.2) is 4.79 Å². The lowest BCUT2D eigenvalue weighted by atomic mass is 10.1. The van der Waals surface area contributed by atoms with Crippen LogP contribution in [-0.4, -0.2) is 36.5 Å². The second kappa shape index (κ2) is 9.96. The first-order chi connectivity index (χ1) is 11.7. The molecule has 1 fully saturated rings. The molecule has 0 spiro atoms. The van der Waals surface area contributed by atoms with Crippen molar-refractivity contribution >= 4 is 17.6 Å². The van der Waals surface area contributed by atoms with Crippen LogP contribution < -0.4 is 10.6 Å². The summed E-state index contributed by atoms with van der Waals surface area (Å²) < 4.78 is 0. The Hall–Kier alpha value is -2.04. The van der Waals surface area contributed by atoms with Gasteiger partial charge in [0.2, 0.25) is 0 Å². The topological polar surface area (TPSA) is 61.4 Å². The SMILES string of the molecule is CCCCCNC(=O)Nc1ccc(C(=O)N2CCCCCC2)cc1. The number of hydrogen-bond donors (Lipinski definition) is 2. The number of unbranched alkanes of at least 4 members (excludes halogenated alkanes) is 2. The summed E-state index contributed by atoms with van der Waals surface area (Å²) in [4.78, 5) is 26.2. The summed E-state index contributed by atoms with van der Waals surface area (Å²) in [6.45, 7) is 4.51. The first-order valence-electron chi connectivity index (χ1n) is 9.15. The number of nitrogens with zero attached hydrogens (tertiary/aromatic N) is 1. The molecule has 1 heterocycles. The monoisotopic (exact) mass is 331 g/mol. The molecule has 5 nitrogen and oxygen atoms in total. The average molecular weight is 331 g/mol. The van der Waals surface area contributed by atoms with Gasteiger partial charge < -0.3 is 15.5 Å². The number of amides is 3. The molecule has 1 aliphatic rings. The van der Waals surface area contributed by atoms with Crippen LogP contribution in [0.15, 0.2) is 24.3 Å². The van der Waals surface area contributed by atoms with Crippen molar-refractivity contribution < 1.29 is 9.59 Å². The fourth-order valence-corrected chi connectivity index (χ4v) is 2.90. The van der Waals surface area contributed by atoms with Gasteiger partial charge in [-0.05, 0) is 43.5 Å². The van der Waals surface area contributed by atoms with E-state index >= 15 is 0 Å². The van der Waals surface area contributed by atoms with Gasteiger partial charge in [0.1, 0.15) is 0 Å². The Labute approximate surface area is 144 Å². The number of benzene rings is 1. The smallest absolute Gasteiger partial charge is 0.319 e. The maximum Gasteiger partial charge on any atom is 0.319 e. The summed E-state index contributed by atoms with van der Waals surface area (Å²) in [6, 6.07) is 6.96. The Kier molecular flexibility index (Phi) is 7.59. The molecule has 132 valence electrons. The van der Waals surface area contributed by atoms with E-state index < -0.39 is 0 Å². The van der Waals surface area contributed by atoms with Crippen molar-refractivity contribution in [2.75, 3.05) is 25.0 Å². The first kappa shape index (κ1) is 18.3. The van der Waals surface area contributed by atoms with Crippen LogP contribution in [0.4, 0.5) is 10.5 Å². The zero-order valence-electron chi connectivity index (χ0n) is 14.6. The Morgan fingerprint density at radius 2 is 1.67 bits per heavy atom. The number of carbonyl (C=O) groups is 2. The van der Waals surface area contributed by atoms with Gasteiger partial charge in [0.15, 0.2) is 0 Å². The summed E-state index contributed by atoms with van der Waals surface area (Å²) in [5, 5.41) is 5.64. The lowest BCUT2D eigenvalue weighted by Gasteiger charge is -2.20. The normalized spacial score (nSPS) is 14.8. The van der Waals surface area contributed by atoms with Gasteiger partial charge in [-0.15, -0.1) is 0 Å². The molecule has 0 radical (unpaired) electrons. The summed E-state index contributed by atoms with van der Waals surface area (Å²) in [5.41, 5.74) is 1.39. The van der Waals surface area contributed by atoms with Crippen LogP contribution in [0.5, 0.6) is 0 Å². The number of carbonyl (C=O) groups excluding carboxylic acids is 2. The van der Waals surface area contributed by atoms with E-state index in [0.717, 1.165) is 45.2 Å². The molecule has 1 saturated heterocycles. The zero-order chi connectivity index (χ0) is 17.2. The highest BCUT2D eigenvalue weighted by molar-refractivity contribution is 5.95. The molecule has 0 saturated carbocycles. The number of nitrogens with one attached hydrogen (secondary N) is 2. The maximum absolute atomic E-state index is 12.5. The van der Waals surface area contributed by atoms with Crippen LogP contribution >= 0.6 is 0 Å². The van der Waals surface area contributed by atoms with Crippen LogP contribution in [0.1, 0.15) is 62.2 Å². The third kappa shape index (κ3) is 5.87. The molecule has 5 heteroatoms. The van der Waals surface area contributed by atoms with Crippen LogP contribution in [-0.2, 0) is 0 Å². The van der Waals surface area contributed by atoms with Crippen molar-refractivity contribution in [3.8, 4) is 0 Å². The lowest BCUT2D eigenvalue weighted by Crippen LogP contribution is -2.32. The van der Waals surface area contributed by atoms with Gasteiger partial charge in [0, 0.05) is 30.9 Å². The van der Waals surface area contributed by atoms with Crippen LogP contribution in [0, 0.1) is 0 Å². The summed E-state index contributed by atoms with van der Waals surface area (Å²) in [7, 11) is 0. The van der Waals surface area contributed by atoms with E-state index in [-0.39, 0.29) is 11.9 Å². The van der Waals surface area contributed by atoms with E-state index in [9.17, 15) is 9.59 Å². The molecule has 3 amide bonds. The Bertz CT molecular complexity index is 520. The van der Waals surface area contributed by atoms with Gasteiger partial charge >= 0.3 is 6.03 Å². The number of rotatable bonds is 6. The molecule has 24 heavy (non-hydrogen) atoms. The summed E-state index contributed by atoms with van der Waals surface area (Å²) >= 11 is 0. The molecule has 1 aromatic rings. The molecule has 1 aliphatic heterocycles. The van der Waals surface area contributed by atoms with Gasteiger partial charge in [-0.2, -0.15) is 0 Å². The Morgan fingerprint density at radius 3 is 2.29 bits per heavy atom. The quantitative estimate of drug-likeness (QED) is 0.774. The lowest BCUT2D eigenvalue weighted by molar-refractivity contribution is 0.0761. The molecule has 0 aromatic heterocycles. The maximum atomic E-state index is 12.5. The Balaban J connectivity index is 1.83. The van der Waals surface area contributed by atoms with Crippen molar-refractivity contribution in [1.82, 2.24) is 10.2 Å². The number of anilines is 1.